The van der Waals surface area contributed by atoms with Gasteiger partial charge in [0.25, 0.3) is 0 Å². The molecule has 0 unspecified atom stereocenters. The molecular weight excluding hydrogens is 322 g/mol. The summed E-state index contributed by atoms with van der Waals surface area (Å²) in [5.41, 5.74) is 5.24. The van der Waals surface area contributed by atoms with Crippen LogP contribution >= 0.6 is 11.6 Å². The summed E-state index contributed by atoms with van der Waals surface area (Å²) in [6.07, 6.45) is 3.87. The van der Waals surface area contributed by atoms with Gasteiger partial charge < -0.3 is 14.5 Å². The third-order valence-electron chi connectivity index (χ3n) is 4.86. The van der Waals surface area contributed by atoms with E-state index in [9.17, 15) is 4.79 Å². The van der Waals surface area contributed by atoms with Crippen molar-refractivity contribution in [1.82, 2.24) is 14.5 Å². The van der Waals surface area contributed by atoms with Crippen molar-refractivity contribution in [3.63, 3.8) is 0 Å². The maximum Gasteiger partial charge on any atom is 0.250 e. The van der Waals surface area contributed by atoms with Gasteiger partial charge in [-0.3, -0.25) is 4.79 Å². The Morgan fingerprint density at radius 3 is 2.96 bits per heavy atom. The van der Waals surface area contributed by atoms with Crippen molar-refractivity contribution in [2.75, 3.05) is 6.54 Å². The molecule has 3 heterocycles. The van der Waals surface area contributed by atoms with Crippen LogP contribution in [0.5, 0.6) is 0 Å². The molecule has 3 aromatic rings. The Labute approximate surface area is 145 Å². The fourth-order valence-corrected chi connectivity index (χ4v) is 3.82. The molecule has 0 atom stereocenters. The normalized spacial score (nSPS) is 14.1. The number of aromatic nitrogens is 2. The van der Waals surface area contributed by atoms with Crippen LogP contribution in [0, 0.1) is 0 Å². The average Bonchev–Trinajstić information content (AvgIpc) is 2.89. The topological polar surface area (TPSA) is 39.0 Å². The molecule has 4 nitrogen and oxygen atoms in total. The van der Waals surface area contributed by atoms with Gasteiger partial charge in [0.2, 0.25) is 5.56 Å². The maximum atomic E-state index is 11.5. The molecule has 0 fully saturated rings. The minimum absolute atomic E-state index is 0.0308. The van der Waals surface area contributed by atoms with E-state index in [2.05, 4.69) is 22.0 Å². The van der Waals surface area contributed by atoms with Crippen LogP contribution in [0.4, 0.5) is 0 Å². The largest absolute Gasteiger partial charge is 0.344 e. The van der Waals surface area contributed by atoms with Crippen LogP contribution in [-0.2, 0) is 33.0 Å². The highest BCUT2D eigenvalue weighted by Crippen LogP contribution is 2.31. The summed E-state index contributed by atoms with van der Waals surface area (Å²) in [6.45, 7) is 2.82. The van der Waals surface area contributed by atoms with Crippen molar-refractivity contribution in [3.8, 4) is 0 Å². The number of benzene rings is 1. The molecule has 0 radical (unpaired) electrons. The number of hydrogen-bond donors (Lipinski definition) is 1. The number of aryl methyl sites for hydroxylation is 3. The van der Waals surface area contributed by atoms with E-state index in [1.165, 1.54) is 27.7 Å². The Morgan fingerprint density at radius 2 is 2.12 bits per heavy atom. The molecule has 0 saturated heterocycles. The highest BCUT2D eigenvalue weighted by atomic mass is 35.5. The van der Waals surface area contributed by atoms with Gasteiger partial charge in [0.05, 0.1) is 0 Å². The Bertz CT molecular complexity index is 971. The van der Waals surface area contributed by atoms with E-state index in [1.54, 1.807) is 17.7 Å². The van der Waals surface area contributed by atoms with Crippen LogP contribution in [0.2, 0.25) is 5.02 Å². The van der Waals surface area contributed by atoms with Gasteiger partial charge in [0, 0.05) is 67.0 Å². The number of nitrogens with one attached hydrogen (secondary N) is 1. The van der Waals surface area contributed by atoms with Gasteiger partial charge in [-0.1, -0.05) is 17.7 Å². The minimum Gasteiger partial charge on any atom is -0.344 e. The molecule has 1 aliphatic heterocycles. The van der Waals surface area contributed by atoms with Crippen LogP contribution in [0.25, 0.3) is 10.9 Å². The Balaban J connectivity index is 1.73. The molecule has 0 bridgehead atoms. The first-order chi connectivity index (χ1) is 11.6. The quantitative estimate of drug-likeness (QED) is 0.795. The number of hydrogen-bond acceptors (Lipinski definition) is 2. The molecule has 1 aromatic carbocycles. The highest BCUT2D eigenvalue weighted by Gasteiger charge is 2.19. The number of nitrogens with zero attached hydrogens (tertiary/aromatic N) is 2. The zero-order chi connectivity index (χ0) is 16.7. The van der Waals surface area contributed by atoms with Crippen molar-refractivity contribution < 1.29 is 0 Å². The number of pyridine rings is 1. The summed E-state index contributed by atoms with van der Waals surface area (Å²) in [5.74, 6) is 0. The Kier molecular flexibility index (Phi) is 3.94. The zero-order valence-corrected chi connectivity index (χ0v) is 14.4. The van der Waals surface area contributed by atoms with Gasteiger partial charge in [-0.2, -0.15) is 0 Å². The minimum atomic E-state index is 0.0308. The lowest BCUT2D eigenvalue weighted by Crippen LogP contribution is -2.25. The van der Waals surface area contributed by atoms with Gasteiger partial charge in [-0.05, 0) is 35.7 Å². The number of halogens is 1. The monoisotopic (exact) mass is 341 g/mol. The third-order valence-corrected chi connectivity index (χ3v) is 5.10. The molecule has 1 N–H and O–H groups in total. The first kappa shape index (κ1) is 15.5. The second-order valence-corrected chi connectivity index (χ2v) is 6.84. The van der Waals surface area contributed by atoms with Gasteiger partial charge in [-0.25, -0.2) is 0 Å². The average molecular weight is 342 g/mol. The molecule has 4 rings (SSSR count). The first-order valence-corrected chi connectivity index (χ1v) is 8.67. The zero-order valence-electron chi connectivity index (χ0n) is 13.7. The van der Waals surface area contributed by atoms with E-state index in [-0.39, 0.29) is 5.56 Å². The standard InChI is InChI=1S/C19H20ClN3O/c1-22-12-13(2-5-19(22)24)7-9-23-17-4-3-14(20)10-15(17)16-11-21-8-6-18(16)23/h2-5,10,12,21H,6-9,11H2,1H3. The van der Waals surface area contributed by atoms with Crippen molar-refractivity contribution in [1.29, 1.82) is 0 Å². The summed E-state index contributed by atoms with van der Waals surface area (Å²) in [4.78, 5) is 11.5. The first-order valence-electron chi connectivity index (χ1n) is 8.29. The fraction of sp³-hybridized carbons (Fsp3) is 0.316. The lowest BCUT2D eigenvalue weighted by atomic mass is 10.1. The van der Waals surface area contributed by atoms with Crippen molar-refractivity contribution in [2.24, 2.45) is 7.05 Å². The van der Waals surface area contributed by atoms with E-state index in [4.69, 9.17) is 11.6 Å². The van der Waals surface area contributed by atoms with Gasteiger partial charge in [0.1, 0.15) is 0 Å². The maximum absolute atomic E-state index is 11.5. The lowest BCUT2D eigenvalue weighted by Gasteiger charge is -2.17. The SMILES string of the molecule is Cn1cc(CCn2c3c(c4cc(Cl)ccc42)CNCC3)ccc1=O. The molecule has 0 spiro atoms. The van der Waals surface area contributed by atoms with Crippen molar-refractivity contribution in [3.05, 3.63) is 68.7 Å². The number of rotatable bonds is 3. The van der Waals surface area contributed by atoms with Crippen LogP contribution in [0.1, 0.15) is 16.8 Å². The summed E-state index contributed by atoms with van der Waals surface area (Å²) >= 11 is 6.21. The molecule has 1 aliphatic rings. The second kappa shape index (κ2) is 6.11. The van der Waals surface area contributed by atoms with Crippen molar-refractivity contribution >= 4 is 22.5 Å². The third kappa shape index (κ3) is 2.66. The molecule has 0 aliphatic carbocycles. The predicted molar refractivity (Wildman–Crippen MR) is 97.7 cm³/mol. The van der Waals surface area contributed by atoms with Crippen LogP contribution in [0.3, 0.4) is 0 Å². The number of fused-ring (bicyclic) bond motifs is 3. The molecule has 5 heteroatoms. The summed E-state index contributed by atoms with van der Waals surface area (Å²) in [5, 5.41) is 5.50. The van der Waals surface area contributed by atoms with E-state index >= 15 is 0 Å². The fourth-order valence-electron chi connectivity index (χ4n) is 3.65. The van der Waals surface area contributed by atoms with E-state index in [1.807, 2.05) is 18.3 Å². The lowest BCUT2D eigenvalue weighted by molar-refractivity contribution is 0.593. The Hall–Kier alpha value is -2.04. The molecule has 2 aromatic heterocycles. The predicted octanol–water partition coefficient (Wildman–Crippen LogP) is 2.88. The van der Waals surface area contributed by atoms with E-state index in [0.29, 0.717) is 0 Å². The van der Waals surface area contributed by atoms with Gasteiger partial charge >= 0.3 is 0 Å². The highest BCUT2D eigenvalue weighted by molar-refractivity contribution is 6.31. The summed E-state index contributed by atoms with van der Waals surface area (Å²) in [6, 6.07) is 9.73. The summed E-state index contributed by atoms with van der Waals surface area (Å²) in [7, 11) is 1.80. The molecule has 24 heavy (non-hydrogen) atoms. The van der Waals surface area contributed by atoms with E-state index < -0.39 is 0 Å². The molecule has 124 valence electrons. The smallest absolute Gasteiger partial charge is 0.250 e. The van der Waals surface area contributed by atoms with Crippen LogP contribution < -0.4 is 10.9 Å². The molecule has 0 amide bonds. The summed E-state index contributed by atoms with van der Waals surface area (Å²) < 4.78 is 4.06. The van der Waals surface area contributed by atoms with Crippen LogP contribution in [0.15, 0.2) is 41.3 Å². The van der Waals surface area contributed by atoms with Crippen molar-refractivity contribution in [2.45, 2.75) is 25.9 Å². The van der Waals surface area contributed by atoms with Crippen LogP contribution in [-0.4, -0.2) is 15.7 Å². The van der Waals surface area contributed by atoms with Gasteiger partial charge in [0.15, 0.2) is 0 Å². The van der Waals surface area contributed by atoms with Gasteiger partial charge in [-0.15, -0.1) is 0 Å². The van der Waals surface area contributed by atoms with E-state index in [0.717, 1.165) is 37.5 Å². The second-order valence-electron chi connectivity index (χ2n) is 6.40. The molecular formula is C19H20ClN3O. The molecule has 0 saturated carbocycles. The Morgan fingerprint density at radius 1 is 1.25 bits per heavy atom.